The molecule has 11 nitrogen and oxygen atoms in total. The van der Waals surface area contributed by atoms with Gasteiger partial charge in [0.2, 0.25) is 12.4 Å². The average Bonchev–Trinajstić information content (AvgIpc) is 3.62. The third kappa shape index (κ3) is 5.23. The summed E-state index contributed by atoms with van der Waals surface area (Å²) in [6.07, 6.45) is 4.36. The van der Waals surface area contributed by atoms with Crippen molar-refractivity contribution in [1.29, 1.82) is 0 Å². The number of hydrogen-bond donors (Lipinski definition) is 3. The molecule has 2 fully saturated rings. The molecular formula is C24H28N6O5S. The van der Waals surface area contributed by atoms with Gasteiger partial charge in [-0.2, -0.15) is 8.42 Å². The molecule has 0 radical (unpaired) electrons. The minimum Gasteiger partial charge on any atom is -0.385 e. The van der Waals surface area contributed by atoms with E-state index in [-0.39, 0.29) is 22.7 Å². The molecule has 2 aromatic carbocycles. The van der Waals surface area contributed by atoms with Gasteiger partial charge in [0.1, 0.15) is 10.6 Å². The Labute approximate surface area is 208 Å². The molecule has 1 saturated carbocycles. The van der Waals surface area contributed by atoms with Crippen LogP contribution in [0.4, 0.5) is 16.4 Å². The summed E-state index contributed by atoms with van der Waals surface area (Å²) in [6, 6.07) is 10.9. The number of benzene rings is 2. The molecule has 0 atom stereocenters. The maximum absolute atomic E-state index is 12.8. The van der Waals surface area contributed by atoms with E-state index in [0.717, 1.165) is 44.3 Å². The molecule has 36 heavy (non-hydrogen) atoms. The number of piperidine rings is 1. The molecule has 2 aliphatic rings. The van der Waals surface area contributed by atoms with Crippen molar-refractivity contribution in [2.24, 2.45) is 11.7 Å². The van der Waals surface area contributed by atoms with E-state index in [1.807, 2.05) is 0 Å². The average molecular weight is 513 g/mol. The third-order valence-corrected chi connectivity index (χ3v) is 7.87. The van der Waals surface area contributed by atoms with Crippen LogP contribution >= 0.6 is 0 Å². The van der Waals surface area contributed by atoms with Crippen molar-refractivity contribution in [3.05, 3.63) is 42.5 Å². The second kappa shape index (κ2) is 9.69. The monoisotopic (exact) mass is 512 g/mol. The number of nitrogens with one attached hydrogen (secondary N) is 2. The Morgan fingerprint density at radius 1 is 1.17 bits per heavy atom. The zero-order valence-corrected chi connectivity index (χ0v) is 20.4. The fourth-order valence-electron chi connectivity index (χ4n) is 4.34. The summed E-state index contributed by atoms with van der Waals surface area (Å²) in [4.78, 5) is 33.4. The molecule has 3 aromatic rings. The van der Waals surface area contributed by atoms with Crippen molar-refractivity contribution in [1.82, 2.24) is 14.9 Å². The number of hydrogen-bond acceptors (Lipinski definition) is 7. The van der Waals surface area contributed by atoms with Gasteiger partial charge in [-0.15, -0.1) is 0 Å². The Morgan fingerprint density at radius 2 is 1.89 bits per heavy atom. The van der Waals surface area contributed by atoms with Gasteiger partial charge >= 0.3 is 16.1 Å². The van der Waals surface area contributed by atoms with Gasteiger partial charge < -0.3 is 25.1 Å². The smallest absolute Gasteiger partial charge is 0.339 e. The third-order valence-electron chi connectivity index (χ3n) is 6.61. The lowest BCUT2D eigenvalue weighted by Gasteiger charge is -2.31. The van der Waals surface area contributed by atoms with Gasteiger partial charge in [0.25, 0.3) is 0 Å². The summed E-state index contributed by atoms with van der Waals surface area (Å²) in [5.41, 5.74) is 7.31. The number of anilines is 2. The summed E-state index contributed by atoms with van der Waals surface area (Å²) in [5, 5.41) is 3.32. The van der Waals surface area contributed by atoms with Gasteiger partial charge in [0, 0.05) is 37.4 Å². The van der Waals surface area contributed by atoms with E-state index >= 15 is 0 Å². The molecule has 2 heterocycles. The van der Waals surface area contributed by atoms with E-state index in [4.69, 9.17) is 9.92 Å². The molecule has 190 valence electrons. The second-order valence-electron chi connectivity index (χ2n) is 9.19. The fourth-order valence-corrected chi connectivity index (χ4v) is 5.26. The second-order valence-corrected chi connectivity index (χ2v) is 10.7. The predicted octanol–water partition coefficient (Wildman–Crippen LogP) is 2.66. The number of aromatic amines is 1. The number of rotatable bonds is 9. The number of carbonyl (C=O) groups is 2. The Kier molecular flexibility index (Phi) is 6.44. The zero-order valence-electron chi connectivity index (χ0n) is 19.6. The first kappa shape index (κ1) is 23.9. The highest BCUT2D eigenvalue weighted by Gasteiger charge is 2.31. The summed E-state index contributed by atoms with van der Waals surface area (Å²) in [7, 11) is -4.05. The molecular weight excluding hydrogens is 484 g/mol. The van der Waals surface area contributed by atoms with Crippen molar-refractivity contribution >= 4 is 45.2 Å². The fraction of sp³-hybridized carbons (Fsp3) is 0.375. The van der Waals surface area contributed by atoms with Crippen LogP contribution in [0.3, 0.4) is 0 Å². The van der Waals surface area contributed by atoms with Crippen LogP contribution in [-0.4, -0.2) is 61.4 Å². The standard InChI is InChI=1S/C24H28N6O5S/c25-23(32)29-11-9-16(10-12-29)14-26-17-1-6-20(7-2-17)36(33,34)35-19-5-8-21-22(13-19)28-24(27-21)30(15-31)18-3-4-18/h1-2,5-8,13,15-16,18,26H,3-4,9-12,14H2,(H2,25,32)(H,27,28). The Morgan fingerprint density at radius 3 is 2.53 bits per heavy atom. The van der Waals surface area contributed by atoms with Crippen LogP contribution in [-0.2, 0) is 14.9 Å². The van der Waals surface area contributed by atoms with Gasteiger partial charge in [-0.1, -0.05) is 0 Å². The molecule has 12 heteroatoms. The summed E-state index contributed by atoms with van der Waals surface area (Å²) in [6.45, 7) is 2.03. The normalized spacial score (nSPS) is 16.6. The number of amides is 3. The van der Waals surface area contributed by atoms with E-state index in [0.29, 0.717) is 36.0 Å². The quantitative estimate of drug-likeness (QED) is 0.294. The van der Waals surface area contributed by atoms with Crippen LogP contribution in [0.15, 0.2) is 47.4 Å². The van der Waals surface area contributed by atoms with E-state index in [1.54, 1.807) is 34.1 Å². The van der Waals surface area contributed by atoms with E-state index in [9.17, 15) is 18.0 Å². The minimum atomic E-state index is -4.05. The van der Waals surface area contributed by atoms with Crippen LogP contribution in [0.25, 0.3) is 11.0 Å². The van der Waals surface area contributed by atoms with Crippen molar-refractivity contribution in [3.8, 4) is 5.75 Å². The van der Waals surface area contributed by atoms with Crippen LogP contribution in [0.2, 0.25) is 0 Å². The minimum absolute atomic E-state index is 0.0338. The molecule has 1 aromatic heterocycles. The lowest BCUT2D eigenvalue weighted by Crippen LogP contribution is -2.42. The zero-order chi connectivity index (χ0) is 25.3. The highest BCUT2D eigenvalue weighted by molar-refractivity contribution is 7.87. The highest BCUT2D eigenvalue weighted by atomic mass is 32.2. The summed E-state index contributed by atoms with van der Waals surface area (Å²) in [5.74, 6) is 0.978. The molecule has 0 bridgehead atoms. The first-order chi connectivity index (χ1) is 17.3. The Bertz CT molecular complexity index is 1360. The van der Waals surface area contributed by atoms with Gasteiger partial charge in [0.15, 0.2) is 0 Å². The topological polar surface area (TPSA) is 151 Å². The molecule has 4 N–H and O–H groups in total. The number of primary amides is 1. The number of carbonyl (C=O) groups excluding carboxylic acids is 2. The largest absolute Gasteiger partial charge is 0.385 e. The van der Waals surface area contributed by atoms with Crippen molar-refractivity contribution in [2.45, 2.75) is 36.6 Å². The number of fused-ring (bicyclic) bond motifs is 1. The van der Waals surface area contributed by atoms with E-state index in [1.165, 1.54) is 18.2 Å². The van der Waals surface area contributed by atoms with Crippen LogP contribution in [0.1, 0.15) is 25.7 Å². The first-order valence-electron chi connectivity index (χ1n) is 11.9. The van der Waals surface area contributed by atoms with Crippen molar-refractivity contribution in [2.75, 3.05) is 29.9 Å². The first-order valence-corrected chi connectivity index (χ1v) is 13.3. The Balaban J connectivity index is 1.20. The summed E-state index contributed by atoms with van der Waals surface area (Å²) < 4.78 is 31.0. The molecule has 3 amide bonds. The van der Waals surface area contributed by atoms with Gasteiger partial charge in [-0.3, -0.25) is 9.69 Å². The van der Waals surface area contributed by atoms with Gasteiger partial charge in [-0.05, 0) is 68.0 Å². The van der Waals surface area contributed by atoms with Crippen molar-refractivity contribution < 1.29 is 22.2 Å². The predicted molar refractivity (Wildman–Crippen MR) is 134 cm³/mol. The highest BCUT2D eigenvalue weighted by Crippen LogP contribution is 2.31. The number of nitrogens with two attached hydrogens (primary N) is 1. The maximum atomic E-state index is 12.8. The number of likely N-dealkylation sites (tertiary alicyclic amines) is 1. The molecule has 1 aliphatic heterocycles. The molecule has 0 unspecified atom stereocenters. The summed E-state index contributed by atoms with van der Waals surface area (Å²) >= 11 is 0. The Hall–Kier alpha value is -3.80. The number of imidazole rings is 1. The van der Waals surface area contributed by atoms with Crippen LogP contribution in [0, 0.1) is 5.92 Å². The number of aromatic nitrogens is 2. The number of nitrogens with zero attached hydrogens (tertiary/aromatic N) is 3. The number of H-pyrrole nitrogens is 1. The SMILES string of the molecule is NC(=O)N1CCC(CNc2ccc(S(=O)(=O)Oc3ccc4[nH]c(N(C=O)C5CC5)nc4c3)cc2)CC1. The molecule has 1 saturated heterocycles. The lowest BCUT2D eigenvalue weighted by atomic mass is 9.97. The van der Waals surface area contributed by atoms with Gasteiger partial charge in [0.05, 0.1) is 11.0 Å². The molecule has 5 rings (SSSR count). The number of urea groups is 1. The lowest BCUT2D eigenvalue weighted by molar-refractivity contribution is -0.107. The van der Waals surface area contributed by atoms with Crippen LogP contribution < -0.4 is 20.1 Å². The van der Waals surface area contributed by atoms with E-state index in [2.05, 4.69) is 15.3 Å². The van der Waals surface area contributed by atoms with Crippen molar-refractivity contribution in [3.63, 3.8) is 0 Å². The molecule has 0 spiro atoms. The van der Waals surface area contributed by atoms with Crippen LogP contribution in [0.5, 0.6) is 5.75 Å². The maximum Gasteiger partial charge on any atom is 0.339 e. The van der Waals surface area contributed by atoms with Gasteiger partial charge in [-0.25, -0.2) is 9.78 Å². The van der Waals surface area contributed by atoms with E-state index < -0.39 is 10.1 Å². The molecule has 1 aliphatic carbocycles.